The van der Waals surface area contributed by atoms with E-state index in [9.17, 15) is 8.78 Å². The van der Waals surface area contributed by atoms with Gasteiger partial charge in [0.1, 0.15) is 6.07 Å². The fourth-order valence-electron chi connectivity index (χ4n) is 1.77. The number of alkyl halides is 2. The Morgan fingerprint density at radius 3 is 2.63 bits per heavy atom. The van der Waals surface area contributed by atoms with E-state index in [4.69, 9.17) is 5.26 Å². The lowest BCUT2D eigenvalue weighted by atomic mass is 10.1. The summed E-state index contributed by atoms with van der Waals surface area (Å²) in [7, 11) is 0. The van der Waals surface area contributed by atoms with Crippen LogP contribution in [-0.2, 0) is 6.54 Å². The maximum atomic E-state index is 12.6. The SMILES string of the molecule is N#Cc1ccccc1NCc1cccc(C(F)F)c1. The molecule has 0 heterocycles. The summed E-state index contributed by atoms with van der Waals surface area (Å²) in [6.45, 7) is 0.402. The lowest BCUT2D eigenvalue weighted by Crippen LogP contribution is -2.01. The van der Waals surface area contributed by atoms with Crippen molar-refractivity contribution >= 4 is 5.69 Å². The van der Waals surface area contributed by atoms with Gasteiger partial charge in [-0.3, -0.25) is 0 Å². The van der Waals surface area contributed by atoms with Crippen molar-refractivity contribution in [2.24, 2.45) is 0 Å². The van der Waals surface area contributed by atoms with Gasteiger partial charge >= 0.3 is 0 Å². The van der Waals surface area contributed by atoms with Gasteiger partial charge in [-0.25, -0.2) is 8.78 Å². The Bertz CT molecular complexity index is 603. The summed E-state index contributed by atoms with van der Waals surface area (Å²) in [4.78, 5) is 0. The van der Waals surface area contributed by atoms with Crippen molar-refractivity contribution in [3.63, 3.8) is 0 Å². The molecule has 0 atom stereocenters. The van der Waals surface area contributed by atoms with E-state index >= 15 is 0 Å². The molecule has 0 amide bonds. The van der Waals surface area contributed by atoms with Gasteiger partial charge in [0.15, 0.2) is 0 Å². The molecule has 0 saturated carbocycles. The minimum Gasteiger partial charge on any atom is -0.380 e. The summed E-state index contributed by atoms with van der Waals surface area (Å²) < 4.78 is 25.1. The molecule has 0 saturated heterocycles. The van der Waals surface area contributed by atoms with Crippen LogP contribution in [0.15, 0.2) is 48.5 Å². The highest BCUT2D eigenvalue weighted by Crippen LogP contribution is 2.20. The zero-order valence-corrected chi connectivity index (χ0v) is 10.1. The van der Waals surface area contributed by atoms with Gasteiger partial charge in [-0.2, -0.15) is 5.26 Å². The predicted octanol–water partition coefficient (Wildman–Crippen LogP) is 4.11. The van der Waals surface area contributed by atoms with E-state index in [1.807, 2.05) is 6.07 Å². The molecule has 2 rings (SSSR count). The molecule has 0 fully saturated rings. The first-order valence-corrected chi connectivity index (χ1v) is 5.80. The molecule has 0 bridgehead atoms. The lowest BCUT2D eigenvalue weighted by Gasteiger charge is -2.09. The quantitative estimate of drug-likeness (QED) is 0.895. The van der Waals surface area contributed by atoms with Gasteiger partial charge in [0.2, 0.25) is 0 Å². The molecule has 2 nitrogen and oxygen atoms in total. The van der Waals surface area contributed by atoms with Crippen molar-refractivity contribution in [3.8, 4) is 6.07 Å². The van der Waals surface area contributed by atoms with E-state index in [-0.39, 0.29) is 5.56 Å². The number of nitriles is 1. The first-order chi connectivity index (χ1) is 9.20. The number of hydrogen-bond acceptors (Lipinski definition) is 2. The third-order valence-corrected chi connectivity index (χ3v) is 2.73. The van der Waals surface area contributed by atoms with Crippen LogP contribution in [0.25, 0.3) is 0 Å². The van der Waals surface area contributed by atoms with Crippen molar-refractivity contribution in [1.29, 1.82) is 5.26 Å². The molecular weight excluding hydrogens is 246 g/mol. The highest BCUT2D eigenvalue weighted by Gasteiger charge is 2.07. The number of nitrogens with zero attached hydrogens (tertiary/aromatic N) is 1. The van der Waals surface area contributed by atoms with Gasteiger partial charge in [0.05, 0.1) is 11.3 Å². The molecule has 0 aromatic heterocycles. The second kappa shape index (κ2) is 5.96. The molecule has 19 heavy (non-hydrogen) atoms. The normalized spacial score (nSPS) is 10.2. The summed E-state index contributed by atoms with van der Waals surface area (Å²) in [5.74, 6) is 0. The monoisotopic (exact) mass is 258 g/mol. The Kier molecular flexibility index (Phi) is 4.09. The molecule has 2 aromatic rings. The topological polar surface area (TPSA) is 35.8 Å². The van der Waals surface area contributed by atoms with Gasteiger partial charge in [-0.1, -0.05) is 30.3 Å². The van der Waals surface area contributed by atoms with Crippen molar-refractivity contribution in [2.75, 3.05) is 5.32 Å². The second-order valence-corrected chi connectivity index (χ2v) is 4.06. The Hall–Kier alpha value is -2.41. The number of rotatable bonds is 4. The zero-order valence-electron chi connectivity index (χ0n) is 10.1. The summed E-state index contributed by atoms with van der Waals surface area (Å²) >= 11 is 0. The van der Waals surface area contributed by atoms with Gasteiger partial charge in [0, 0.05) is 12.1 Å². The molecule has 0 spiro atoms. The lowest BCUT2D eigenvalue weighted by molar-refractivity contribution is 0.151. The van der Waals surface area contributed by atoms with Crippen LogP contribution in [0.2, 0.25) is 0 Å². The summed E-state index contributed by atoms with van der Waals surface area (Å²) in [6, 6.07) is 15.4. The van der Waals surface area contributed by atoms with Crippen molar-refractivity contribution in [2.45, 2.75) is 13.0 Å². The summed E-state index contributed by atoms with van der Waals surface area (Å²) in [6.07, 6.45) is -2.47. The first kappa shape index (κ1) is 13.0. The second-order valence-electron chi connectivity index (χ2n) is 4.06. The molecule has 0 radical (unpaired) electrons. The minimum atomic E-state index is -2.47. The van der Waals surface area contributed by atoms with Crippen LogP contribution in [0.4, 0.5) is 14.5 Å². The van der Waals surface area contributed by atoms with Gasteiger partial charge in [0.25, 0.3) is 6.43 Å². The van der Waals surface area contributed by atoms with E-state index in [1.54, 1.807) is 30.3 Å². The van der Waals surface area contributed by atoms with Crippen molar-refractivity contribution < 1.29 is 8.78 Å². The Labute approximate surface area is 110 Å². The Morgan fingerprint density at radius 1 is 1.11 bits per heavy atom. The van der Waals surface area contributed by atoms with Crippen LogP contribution in [0, 0.1) is 11.3 Å². The van der Waals surface area contributed by atoms with Crippen LogP contribution >= 0.6 is 0 Å². The maximum absolute atomic E-state index is 12.6. The van der Waals surface area contributed by atoms with Crippen LogP contribution in [0.5, 0.6) is 0 Å². The van der Waals surface area contributed by atoms with Crippen molar-refractivity contribution in [3.05, 3.63) is 65.2 Å². The van der Waals surface area contributed by atoms with Crippen LogP contribution in [-0.4, -0.2) is 0 Å². The van der Waals surface area contributed by atoms with Crippen LogP contribution < -0.4 is 5.32 Å². The highest BCUT2D eigenvalue weighted by atomic mass is 19.3. The Balaban J connectivity index is 2.11. The minimum absolute atomic E-state index is 0.00729. The third-order valence-electron chi connectivity index (χ3n) is 2.73. The molecule has 1 N–H and O–H groups in total. The third kappa shape index (κ3) is 3.29. The van der Waals surface area contributed by atoms with E-state index in [0.717, 1.165) is 5.56 Å². The van der Waals surface area contributed by atoms with E-state index in [2.05, 4.69) is 11.4 Å². The molecular formula is C15H12F2N2. The molecule has 0 unspecified atom stereocenters. The van der Waals surface area contributed by atoms with E-state index in [0.29, 0.717) is 17.8 Å². The number of nitrogens with one attached hydrogen (secondary N) is 1. The Morgan fingerprint density at radius 2 is 1.89 bits per heavy atom. The number of halogens is 2. The zero-order chi connectivity index (χ0) is 13.7. The van der Waals surface area contributed by atoms with Crippen LogP contribution in [0.1, 0.15) is 23.1 Å². The van der Waals surface area contributed by atoms with Crippen molar-refractivity contribution in [1.82, 2.24) is 0 Å². The number of benzene rings is 2. The molecule has 0 aliphatic heterocycles. The summed E-state index contributed by atoms with van der Waals surface area (Å²) in [5.41, 5.74) is 2.00. The highest BCUT2D eigenvalue weighted by molar-refractivity contribution is 5.57. The van der Waals surface area contributed by atoms with E-state index in [1.165, 1.54) is 12.1 Å². The van der Waals surface area contributed by atoms with Crippen LogP contribution in [0.3, 0.4) is 0 Å². The largest absolute Gasteiger partial charge is 0.380 e. The average Bonchev–Trinajstić information content (AvgIpc) is 2.45. The number of para-hydroxylation sites is 1. The first-order valence-electron chi connectivity index (χ1n) is 5.80. The standard InChI is InChI=1S/C15H12F2N2/c16-15(17)12-6-3-4-11(8-12)10-19-14-7-2-1-5-13(14)9-18/h1-8,15,19H,10H2. The molecule has 2 aromatic carbocycles. The summed E-state index contributed by atoms with van der Waals surface area (Å²) in [5, 5.41) is 12.0. The fraction of sp³-hybridized carbons (Fsp3) is 0.133. The molecule has 0 aliphatic carbocycles. The maximum Gasteiger partial charge on any atom is 0.263 e. The smallest absolute Gasteiger partial charge is 0.263 e. The average molecular weight is 258 g/mol. The van der Waals surface area contributed by atoms with Gasteiger partial charge in [-0.15, -0.1) is 0 Å². The molecule has 0 aliphatic rings. The number of anilines is 1. The predicted molar refractivity (Wildman–Crippen MR) is 69.9 cm³/mol. The number of hydrogen-bond donors (Lipinski definition) is 1. The van der Waals surface area contributed by atoms with Gasteiger partial charge < -0.3 is 5.32 Å². The molecule has 96 valence electrons. The van der Waals surface area contributed by atoms with Gasteiger partial charge in [-0.05, 0) is 23.8 Å². The van der Waals surface area contributed by atoms with E-state index < -0.39 is 6.43 Å². The fourth-order valence-corrected chi connectivity index (χ4v) is 1.77. The molecule has 4 heteroatoms.